The quantitative estimate of drug-likeness (QED) is 0.769. The molecule has 1 N–H and O–H groups in total. The van der Waals surface area contributed by atoms with Crippen molar-refractivity contribution in [2.45, 2.75) is 12.8 Å². The average Bonchev–Trinajstić information content (AvgIpc) is 3.34. The first-order chi connectivity index (χ1) is 12.2. The zero-order valence-corrected chi connectivity index (χ0v) is 14.2. The topological polar surface area (TPSA) is 62.6 Å². The minimum atomic E-state index is -0.308. The van der Waals surface area contributed by atoms with Crippen molar-refractivity contribution in [3.8, 4) is 0 Å². The molecule has 5 nitrogen and oxygen atoms in total. The number of rotatable bonds is 3. The van der Waals surface area contributed by atoms with Gasteiger partial charge in [0.1, 0.15) is 0 Å². The fourth-order valence-electron chi connectivity index (χ4n) is 3.00. The maximum Gasteiger partial charge on any atom is 0.291 e. The van der Waals surface area contributed by atoms with Crippen LogP contribution in [0.5, 0.6) is 0 Å². The van der Waals surface area contributed by atoms with Crippen molar-refractivity contribution >= 4 is 34.5 Å². The van der Waals surface area contributed by atoms with E-state index in [9.17, 15) is 9.59 Å². The van der Waals surface area contributed by atoms with Gasteiger partial charge in [-0.25, -0.2) is 0 Å². The SMILES string of the molecule is O=C(Nc1ccc2c(c1)N(C(=O)c1cccs1)CCC2)c1ccco1. The zero-order chi connectivity index (χ0) is 17.2. The molecule has 6 heteroatoms. The van der Waals surface area contributed by atoms with Crippen LogP contribution >= 0.6 is 11.3 Å². The minimum Gasteiger partial charge on any atom is -0.459 e. The molecule has 25 heavy (non-hydrogen) atoms. The van der Waals surface area contributed by atoms with Gasteiger partial charge in [-0.2, -0.15) is 0 Å². The molecule has 0 unspecified atom stereocenters. The van der Waals surface area contributed by atoms with Crippen LogP contribution in [-0.4, -0.2) is 18.4 Å². The highest BCUT2D eigenvalue weighted by molar-refractivity contribution is 7.12. The number of furan rings is 1. The molecule has 2 aromatic heterocycles. The lowest BCUT2D eigenvalue weighted by molar-refractivity contribution is 0.0985. The van der Waals surface area contributed by atoms with Gasteiger partial charge in [0, 0.05) is 17.9 Å². The number of anilines is 2. The first kappa shape index (κ1) is 15.7. The molecule has 126 valence electrons. The Hall–Kier alpha value is -2.86. The molecule has 1 aromatic carbocycles. The molecule has 0 saturated heterocycles. The highest BCUT2D eigenvalue weighted by Gasteiger charge is 2.24. The van der Waals surface area contributed by atoms with Crippen molar-refractivity contribution in [2.75, 3.05) is 16.8 Å². The summed E-state index contributed by atoms with van der Waals surface area (Å²) in [5.74, 6) is -0.0495. The van der Waals surface area contributed by atoms with Crippen LogP contribution in [0.1, 0.15) is 32.2 Å². The number of fused-ring (bicyclic) bond motifs is 1. The Balaban J connectivity index is 1.62. The fourth-order valence-corrected chi connectivity index (χ4v) is 3.67. The molecule has 0 aliphatic carbocycles. The molecule has 0 radical (unpaired) electrons. The number of hydrogen-bond acceptors (Lipinski definition) is 4. The highest BCUT2D eigenvalue weighted by Crippen LogP contribution is 2.32. The van der Waals surface area contributed by atoms with Crippen LogP contribution in [0, 0.1) is 0 Å². The van der Waals surface area contributed by atoms with Crippen LogP contribution in [0.4, 0.5) is 11.4 Å². The summed E-state index contributed by atoms with van der Waals surface area (Å²) in [4.78, 5) is 27.5. The summed E-state index contributed by atoms with van der Waals surface area (Å²) in [5.41, 5.74) is 2.63. The molecule has 3 heterocycles. The van der Waals surface area contributed by atoms with Gasteiger partial charge in [0.2, 0.25) is 0 Å². The van der Waals surface area contributed by atoms with Crippen LogP contribution < -0.4 is 10.2 Å². The van der Waals surface area contributed by atoms with E-state index in [2.05, 4.69) is 5.32 Å². The number of amides is 2. The smallest absolute Gasteiger partial charge is 0.291 e. The number of thiophene rings is 1. The van der Waals surface area contributed by atoms with Gasteiger partial charge in [-0.05, 0) is 54.1 Å². The van der Waals surface area contributed by atoms with Crippen LogP contribution in [0.25, 0.3) is 0 Å². The molecule has 0 bridgehead atoms. The molecule has 0 saturated carbocycles. The van der Waals surface area contributed by atoms with Gasteiger partial charge in [-0.1, -0.05) is 12.1 Å². The Bertz CT molecular complexity index is 901. The molecule has 4 rings (SSSR count). The Labute approximate surface area is 148 Å². The van der Waals surface area contributed by atoms with Gasteiger partial charge in [0.05, 0.1) is 11.1 Å². The molecule has 1 aliphatic rings. The lowest BCUT2D eigenvalue weighted by Gasteiger charge is -2.29. The van der Waals surface area contributed by atoms with Crippen LogP contribution in [0.3, 0.4) is 0 Å². The van der Waals surface area contributed by atoms with Crippen molar-refractivity contribution in [1.29, 1.82) is 0 Å². The second-order valence-electron chi connectivity index (χ2n) is 5.81. The van der Waals surface area contributed by atoms with Crippen LogP contribution in [-0.2, 0) is 6.42 Å². The lowest BCUT2D eigenvalue weighted by atomic mass is 10.0. The second kappa shape index (κ2) is 6.57. The predicted octanol–water partition coefficient (Wildman–Crippen LogP) is 4.19. The van der Waals surface area contributed by atoms with E-state index >= 15 is 0 Å². The number of hydrogen-bond donors (Lipinski definition) is 1. The second-order valence-corrected chi connectivity index (χ2v) is 6.76. The van der Waals surface area contributed by atoms with E-state index in [0.29, 0.717) is 12.2 Å². The summed E-state index contributed by atoms with van der Waals surface area (Å²) in [6.45, 7) is 0.680. The number of carbonyl (C=O) groups excluding carboxylic acids is 2. The number of nitrogens with zero attached hydrogens (tertiary/aromatic N) is 1. The van der Waals surface area contributed by atoms with Gasteiger partial charge in [-0.15, -0.1) is 11.3 Å². The summed E-state index contributed by atoms with van der Waals surface area (Å²) < 4.78 is 5.11. The van der Waals surface area contributed by atoms with Crippen molar-refractivity contribution in [2.24, 2.45) is 0 Å². The summed E-state index contributed by atoms with van der Waals surface area (Å²) in [5, 5.41) is 4.72. The lowest BCUT2D eigenvalue weighted by Crippen LogP contribution is -2.35. The monoisotopic (exact) mass is 352 g/mol. The van der Waals surface area contributed by atoms with Crippen LogP contribution in [0.15, 0.2) is 58.5 Å². The summed E-state index contributed by atoms with van der Waals surface area (Å²) >= 11 is 1.44. The van der Waals surface area contributed by atoms with Crippen LogP contribution in [0.2, 0.25) is 0 Å². The van der Waals surface area contributed by atoms with E-state index in [1.165, 1.54) is 17.6 Å². The Morgan fingerprint density at radius 2 is 2.08 bits per heavy atom. The average molecular weight is 352 g/mol. The van der Waals surface area contributed by atoms with Gasteiger partial charge < -0.3 is 14.6 Å². The van der Waals surface area contributed by atoms with E-state index in [4.69, 9.17) is 4.42 Å². The van der Waals surface area contributed by atoms with Crippen molar-refractivity contribution < 1.29 is 14.0 Å². The number of nitrogens with one attached hydrogen (secondary N) is 1. The van der Waals surface area contributed by atoms with Crippen molar-refractivity contribution in [1.82, 2.24) is 0 Å². The van der Waals surface area contributed by atoms with Gasteiger partial charge in [0.15, 0.2) is 5.76 Å². The third-order valence-corrected chi connectivity index (χ3v) is 5.04. The first-order valence-electron chi connectivity index (χ1n) is 8.05. The maximum atomic E-state index is 12.8. The normalized spacial score (nSPS) is 13.4. The molecule has 1 aliphatic heterocycles. The molecule has 3 aromatic rings. The third-order valence-electron chi connectivity index (χ3n) is 4.18. The fraction of sp³-hybridized carbons (Fsp3) is 0.158. The van der Waals surface area contributed by atoms with E-state index in [-0.39, 0.29) is 17.6 Å². The van der Waals surface area contributed by atoms with E-state index < -0.39 is 0 Å². The number of aryl methyl sites for hydroxylation is 1. The maximum absolute atomic E-state index is 12.8. The zero-order valence-electron chi connectivity index (χ0n) is 13.4. The van der Waals surface area contributed by atoms with E-state index in [1.807, 2.05) is 35.7 Å². The summed E-state index contributed by atoms with van der Waals surface area (Å²) in [6, 6.07) is 12.7. The molecular weight excluding hydrogens is 336 g/mol. The van der Waals surface area contributed by atoms with Crippen molar-refractivity contribution in [3.63, 3.8) is 0 Å². The van der Waals surface area contributed by atoms with Gasteiger partial charge >= 0.3 is 0 Å². The largest absolute Gasteiger partial charge is 0.459 e. The molecule has 2 amide bonds. The van der Waals surface area contributed by atoms with E-state index in [1.54, 1.807) is 17.0 Å². The molecule has 0 spiro atoms. The predicted molar refractivity (Wildman–Crippen MR) is 97.4 cm³/mol. The Morgan fingerprint density at radius 3 is 2.84 bits per heavy atom. The van der Waals surface area contributed by atoms with Gasteiger partial charge in [-0.3, -0.25) is 9.59 Å². The third kappa shape index (κ3) is 3.08. The summed E-state index contributed by atoms with van der Waals surface area (Å²) in [6.07, 6.45) is 3.32. The minimum absolute atomic E-state index is 0.00506. The number of carbonyl (C=O) groups is 2. The standard InChI is InChI=1S/C19H16N2O3S/c22-18(16-5-2-10-24-16)20-14-8-7-13-4-1-9-21(15(13)12-14)19(23)17-6-3-11-25-17/h2-3,5-8,10-12H,1,4,9H2,(H,20,22). The summed E-state index contributed by atoms with van der Waals surface area (Å²) in [7, 11) is 0. The first-order valence-corrected chi connectivity index (χ1v) is 8.93. The molecular formula is C19H16N2O3S. The Morgan fingerprint density at radius 1 is 1.16 bits per heavy atom. The molecule has 0 fully saturated rings. The van der Waals surface area contributed by atoms with Gasteiger partial charge in [0.25, 0.3) is 11.8 Å². The molecule has 0 atom stereocenters. The van der Waals surface area contributed by atoms with E-state index in [0.717, 1.165) is 29.0 Å². The highest BCUT2D eigenvalue weighted by atomic mass is 32.1. The number of benzene rings is 1. The Kier molecular flexibility index (Phi) is 4.11. The van der Waals surface area contributed by atoms with Crippen molar-refractivity contribution in [3.05, 3.63) is 70.3 Å².